The molecule has 1 aromatic carbocycles. The zero-order valence-corrected chi connectivity index (χ0v) is 22.0. The Labute approximate surface area is 202 Å². The first-order chi connectivity index (χ1) is 15.1. The number of benzene rings is 1. The standard InChI is InChI=1S/C14H20ClNO2.C9H13BrN2O2/c1-4-12-8-6-7-11(3)14(12)16(10-18-5-2)13(17)9-15;1-4-5(2)12-8(13)7(10)6(3)11-9(12)14/h6-8H,4-5,9-10H2,1-3H3;5H,4H2,1-3H3,(H,11,14). The fourth-order valence-corrected chi connectivity index (χ4v) is 3.56. The van der Waals surface area contributed by atoms with E-state index in [-0.39, 0.29) is 35.8 Å². The Morgan fingerprint density at radius 3 is 2.44 bits per heavy atom. The van der Waals surface area contributed by atoms with Crippen LogP contribution in [0.4, 0.5) is 5.69 Å². The van der Waals surface area contributed by atoms with Crippen molar-refractivity contribution in [2.45, 2.75) is 60.4 Å². The average Bonchev–Trinajstić information content (AvgIpc) is 2.78. The van der Waals surface area contributed by atoms with Gasteiger partial charge < -0.3 is 9.72 Å². The van der Waals surface area contributed by atoms with Crippen LogP contribution in [0.25, 0.3) is 0 Å². The van der Waals surface area contributed by atoms with Crippen molar-refractivity contribution in [3.63, 3.8) is 0 Å². The zero-order chi connectivity index (χ0) is 24.4. The van der Waals surface area contributed by atoms with Crippen molar-refractivity contribution >= 4 is 39.1 Å². The molecule has 0 saturated carbocycles. The number of carbonyl (C=O) groups excluding carboxylic acids is 1. The topological polar surface area (TPSA) is 84.4 Å². The van der Waals surface area contributed by atoms with E-state index in [0.29, 0.717) is 16.8 Å². The molecule has 7 nitrogen and oxygen atoms in total. The molecule has 1 N–H and O–H groups in total. The van der Waals surface area contributed by atoms with Gasteiger partial charge >= 0.3 is 5.69 Å². The van der Waals surface area contributed by atoms with Gasteiger partial charge in [0.25, 0.3) is 5.56 Å². The van der Waals surface area contributed by atoms with E-state index in [1.807, 2.05) is 45.9 Å². The lowest BCUT2D eigenvalue weighted by Crippen LogP contribution is -2.38. The van der Waals surface area contributed by atoms with Gasteiger partial charge in [-0.1, -0.05) is 32.0 Å². The molecule has 1 atom stereocenters. The van der Waals surface area contributed by atoms with Gasteiger partial charge in [0.2, 0.25) is 5.91 Å². The summed E-state index contributed by atoms with van der Waals surface area (Å²) in [5.74, 6) is -0.168. The normalized spacial score (nSPS) is 11.5. The molecule has 9 heteroatoms. The van der Waals surface area contributed by atoms with Crippen molar-refractivity contribution in [3.05, 3.63) is 60.3 Å². The van der Waals surface area contributed by atoms with Crippen molar-refractivity contribution < 1.29 is 9.53 Å². The highest BCUT2D eigenvalue weighted by Gasteiger charge is 2.19. The minimum absolute atomic E-state index is 0.0371. The van der Waals surface area contributed by atoms with Crippen LogP contribution in [0.5, 0.6) is 0 Å². The van der Waals surface area contributed by atoms with Gasteiger partial charge in [0, 0.05) is 18.3 Å². The summed E-state index contributed by atoms with van der Waals surface area (Å²) in [6.07, 6.45) is 1.62. The second-order valence-corrected chi connectivity index (χ2v) is 8.38. The number of aromatic amines is 1. The van der Waals surface area contributed by atoms with E-state index in [2.05, 4.69) is 27.8 Å². The van der Waals surface area contributed by atoms with Crippen LogP contribution >= 0.6 is 27.5 Å². The van der Waals surface area contributed by atoms with Gasteiger partial charge in [0.15, 0.2) is 0 Å². The molecule has 0 bridgehead atoms. The molecule has 0 radical (unpaired) electrons. The average molecular weight is 531 g/mol. The van der Waals surface area contributed by atoms with Crippen LogP contribution in [-0.4, -0.2) is 34.7 Å². The SMILES string of the molecule is CCC(C)n1c(=O)[nH]c(C)c(Br)c1=O.CCOCN(C(=O)CCl)c1c(C)cccc1CC. The molecule has 1 heterocycles. The fourth-order valence-electron chi connectivity index (χ4n) is 3.12. The maximum absolute atomic E-state index is 12.0. The minimum atomic E-state index is -0.343. The third-order valence-electron chi connectivity index (χ3n) is 5.09. The Kier molecular flexibility index (Phi) is 12.0. The largest absolute Gasteiger partial charge is 0.361 e. The van der Waals surface area contributed by atoms with Gasteiger partial charge in [-0.05, 0) is 67.6 Å². The van der Waals surface area contributed by atoms with Crippen molar-refractivity contribution in [1.29, 1.82) is 0 Å². The smallest absolute Gasteiger partial charge is 0.328 e. The molecule has 0 aliphatic rings. The highest BCUT2D eigenvalue weighted by atomic mass is 79.9. The van der Waals surface area contributed by atoms with Crippen molar-refractivity contribution in [3.8, 4) is 0 Å². The molecule has 0 fully saturated rings. The summed E-state index contributed by atoms with van der Waals surface area (Å²) < 4.78 is 7.04. The molecule has 0 aliphatic carbocycles. The molecule has 1 amide bonds. The van der Waals surface area contributed by atoms with Gasteiger partial charge in [-0.15, -0.1) is 11.6 Å². The number of rotatable bonds is 8. The van der Waals surface area contributed by atoms with Gasteiger partial charge in [0.1, 0.15) is 17.1 Å². The number of para-hydroxylation sites is 1. The molecule has 178 valence electrons. The Balaban J connectivity index is 0.000000330. The summed E-state index contributed by atoms with van der Waals surface area (Å²) in [7, 11) is 0. The van der Waals surface area contributed by atoms with Crippen LogP contribution in [0.1, 0.15) is 57.0 Å². The predicted octanol–water partition coefficient (Wildman–Crippen LogP) is 4.70. The number of nitrogens with zero attached hydrogens (tertiary/aromatic N) is 2. The number of carbonyl (C=O) groups is 1. The molecule has 1 aromatic heterocycles. The second kappa shape index (κ2) is 13.6. The van der Waals surface area contributed by atoms with Crippen LogP contribution in [0.2, 0.25) is 0 Å². The first kappa shape index (κ1) is 28.1. The summed E-state index contributed by atoms with van der Waals surface area (Å²) in [5, 5.41) is 0. The van der Waals surface area contributed by atoms with Crippen LogP contribution in [0.15, 0.2) is 32.3 Å². The molecule has 32 heavy (non-hydrogen) atoms. The Bertz CT molecular complexity index is 1020. The number of halogens is 2. The quantitative estimate of drug-likeness (QED) is 0.396. The van der Waals surface area contributed by atoms with E-state index in [1.54, 1.807) is 11.8 Å². The Morgan fingerprint density at radius 1 is 1.25 bits per heavy atom. The van der Waals surface area contributed by atoms with E-state index >= 15 is 0 Å². The van der Waals surface area contributed by atoms with Crippen molar-refractivity contribution in [2.24, 2.45) is 0 Å². The van der Waals surface area contributed by atoms with Gasteiger partial charge in [-0.25, -0.2) is 4.79 Å². The number of hydrogen-bond acceptors (Lipinski definition) is 4. The van der Waals surface area contributed by atoms with Gasteiger partial charge in [0.05, 0.1) is 5.69 Å². The van der Waals surface area contributed by atoms with Gasteiger partial charge in [-0.3, -0.25) is 19.1 Å². The maximum atomic E-state index is 12.0. The van der Waals surface area contributed by atoms with E-state index in [0.717, 1.165) is 29.7 Å². The molecular formula is C23H33BrClN3O4. The molecule has 1 unspecified atom stereocenters. The molecule has 0 saturated heterocycles. The Morgan fingerprint density at radius 2 is 1.91 bits per heavy atom. The Hall–Kier alpha value is -1.90. The summed E-state index contributed by atoms with van der Waals surface area (Å²) in [5.41, 5.74) is 3.09. The lowest BCUT2D eigenvalue weighted by Gasteiger charge is -2.25. The second-order valence-electron chi connectivity index (χ2n) is 7.32. The third kappa shape index (κ3) is 7.05. The zero-order valence-electron chi connectivity index (χ0n) is 19.6. The number of ether oxygens (including phenoxy) is 1. The first-order valence-electron chi connectivity index (χ1n) is 10.7. The number of aromatic nitrogens is 2. The monoisotopic (exact) mass is 529 g/mol. The maximum Gasteiger partial charge on any atom is 0.328 e. The van der Waals surface area contributed by atoms with Crippen molar-refractivity contribution in [2.75, 3.05) is 24.1 Å². The number of nitrogens with one attached hydrogen (secondary N) is 1. The van der Waals surface area contributed by atoms with Gasteiger partial charge in [-0.2, -0.15) is 0 Å². The summed E-state index contributed by atoms with van der Waals surface area (Å²) in [6, 6.07) is 5.95. The summed E-state index contributed by atoms with van der Waals surface area (Å²) in [6.45, 7) is 12.3. The van der Waals surface area contributed by atoms with Crippen molar-refractivity contribution in [1.82, 2.24) is 9.55 Å². The highest BCUT2D eigenvalue weighted by Crippen LogP contribution is 2.26. The molecule has 0 aliphatic heterocycles. The predicted molar refractivity (Wildman–Crippen MR) is 134 cm³/mol. The van der Waals surface area contributed by atoms with Crippen LogP contribution in [0, 0.1) is 13.8 Å². The van der Waals surface area contributed by atoms with E-state index in [9.17, 15) is 14.4 Å². The highest BCUT2D eigenvalue weighted by molar-refractivity contribution is 9.10. The fraction of sp³-hybridized carbons (Fsp3) is 0.522. The molecular weight excluding hydrogens is 498 g/mol. The number of alkyl halides is 1. The lowest BCUT2D eigenvalue weighted by atomic mass is 10.0. The minimum Gasteiger partial charge on any atom is -0.361 e. The molecule has 2 aromatic rings. The molecule has 2 rings (SSSR count). The summed E-state index contributed by atoms with van der Waals surface area (Å²) in [4.78, 5) is 39.4. The first-order valence-corrected chi connectivity index (χ1v) is 12.0. The number of hydrogen-bond donors (Lipinski definition) is 1. The summed E-state index contributed by atoms with van der Waals surface area (Å²) >= 11 is 8.83. The number of aryl methyl sites for hydroxylation is 3. The van der Waals surface area contributed by atoms with E-state index in [1.165, 1.54) is 4.57 Å². The lowest BCUT2D eigenvalue weighted by molar-refractivity contribution is -0.117. The van der Waals surface area contributed by atoms with E-state index < -0.39 is 0 Å². The van der Waals surface area contributed by atoms with Crippen LogP contribution in [0.3, 0.4) is 0 Å². The van der Waals surface area contributed by atoms with Crippen LogP contribution < -0.4 is 16.1 Å². The third-order valence-corrected chi connectivity index (χ3v) is 6.26. The number of amides is 1. The van der Waals surface area contributed by atoms with E-state index in [4.69, 9.17) is 16.3 Å². The number of H-pyrrole nitrogens is 1. The van der Waals surface area contributed by atoms with Crippen LogP contribution in [-0.2, 0) is 16.0 Å². The number of anilines is 1. The molecule has 0 spiro atoms.